The number of hydrogen-bond acceptors (Lipinski definition) is 5. The summed E-state index contributed by atoms with van der Waals surface area (Å²) in [4.78, 5) is 13.8. The van der Waals surface area contributed by atoms with Crippen molar-refractivity contribution in [3.63, 3.8) is 0 Å². The molecule has 0 bridgehead atoms. The molecule has 0 aliphatic carbocycles. The highest BCUT2D eigenvalue weighted by Gasteiger charge is 2.26. The summed E-state index contributed by atoms with van der Waals surface area (Å²) >= 11 is 1.65. The number of rotatable bonds is 9. The largest absolute Gasteiger partial charge is 0.496 e. The van der Waals surface area contributed by atoms with Gasteiger partial charge in [-0.15, -0.1) is 11.8 Å². The van der Waals surface area contributed by atoms with Crippen molar-refractivity contribution in [2.75, 3.05) is 26.5 Å². The molecule has 2 aromatic rings. The van der Waals surface area contributed by atoms with Crippen LogP contribution in [0.4, 0.5) is 0 Å². The van der Waals surface area contributed by atoms with Crippen LogP contribution in [0.3, 0.4) is 0 Å². The highest BCUT2D eigenvalue weighted by atomic mass is 32.2. The zero-order chi connectivity index (χ0) is 21.6. The molecule has 8 heteroatoms. The van der Waals surface area contributed by atoms with Gasteiger partial charge in [-0.05, 0) is 61.6 Å². The second-order valence-corrected chi connectivity index (χ2v) is 9.44. The van der Waals surface area contributed by atoms with Crippen LogP contribution in [-0.2, 0) is 14.8 Å². The normalized spacial score (nSPS) is 12.6. The number of amides is 1. The van der Waals surface area contributed by atoms with E-state index in [0.717, 1.165) is 16.0 Å². The third-order valence-electron chi connectivity index (χ3n) is 4.67. The van der Waals surface area contributed by atoms with Gasteiger partial charge >= 0.3 is 0 Å². The molecule has 0 aliphatic heterocycles. The highest BCUT2D eigenvalue weighted by molar-refractivity contribution is 7.98. The Balaban J connectivity index is 2.10. The maximum absolute atomic E-state index is 13.0. The average Bonchev–Trinajstić information content (AvgIpc) is 2.71. The summed E-state index contributed by atoms with van der Waals surface area (Å²) < 4.78 is 32.3. The van der Waals surface area contributed by atoms with E-state index >= 15 is 0 Å². The van der Waals surface area contributed by atoms with Gasteiger partial charge in [0, 0.05) is 11.4 Å². The monoisotopic (exact) mass is 436 g/mol. The quantitative estimate of drug-likeness (QED) is 0.608. The van der Waals surface area contributed by atoms with E-state index in [-0.39, 0.29) is 29.9 Å². The van der Waals surface area contributed by atoms with Crippen molar-refractivity contribution in [1.29, 1.82) is 0 Å². The smallest absolute Gasteiger partial charge is 0.243 e. The van der Waals surface area contributed by atoms with Gasteiger partial charge in [-0.1, -0.05) is 19.1 Å². The Labute approximate surface area is 177 Å². The number of carbonyl (C=O) groups is 1. The molecule has 158 valence electrons. The fourth-order valence-corrected chi connectivity index (χ4v) is 4.85. The number of benzene rings is 2. The highest BCUT2D eigenvalue weighted by Crippen LogP contribution is 2.24. The first-order valence-corrected chi connectivity index (χ1v) is 12.0. The number of ether oxygens (including phenoxy) is 1. The van der Waals surface area contributed by atoms with Gasteiger partial charge in [-0.25, -0.2) is 8.42 Å². The molecular weight excluding hydrogens is 408 g/mol. The number of hydrogen-bond donors (Lipinski definition) is 1. The zero-order valence-electron chi connectivity index (χ0n) is 17.4. The van der Waals surface area contributed by atoms with E-state index < -0.39 is 10.0 Å². The van der Waals surface area contributed by atoms with E-state index in [2.05, 4.69) is 5.32 Å². The van der Waals surface area contributed by atoms with Crippen LogP contribution in [0.25, 0.3) is 0 Å². The van der Waals surface area contributed by atoms with Crippen LogP contribution in [0.15, 0.2) is 52.3 Å². The molecular formula is C21H28N2O4S2. The van der Waals surface area contributed by atoms with Gasteiger partial charge < -0.3 is 10.1 Å². The third kappa shape index (κ3) is 5.74. The van der Waals surface area contributed by atoms with Crippen LogP contribution in [0.5, 0.6) is 5.75 Å². The predicted molar refractivity (Wildman–Crippen MR) is 117 cm³/mol. The Hall–Kier alpha value is -2.03. The molecule has 0 unspecified atom stereocenters. The summed E-state index contributed by atoms with van der Waals surface area (Å²) in [5, 5.41) is 2.88. The van der Waals surface area contributed by atoms with Crippen LogP contribution in [0, 0.1) is 6.92 Å². The van der Waals surface area contributed by atoms with E-state index in [4.69, 9.17) is 4.74 Å². The van der Waals surface area contributed by atoms with Crippen molar-refractivity contribution in [2.45, 2.75) is 36.6 Å². The second-order valence-electron chi connectivity index (χ2n) is 6.63. The lowest BCUT2D eigenvalue weighted by molar-refractivity contribution is -0.121. The first-order valence-electron chi connectivity index (χ1n) is 9.31. The van der Waals surface area contributed by atoms with Crippen molar-refractivity contribution in [2.24, 2.45) is 0 Å². The van der Waals surface area contributed by atoms with E-state index in [0.29, 0.717) is 5.75 Å². The molecule has 2 aromatic carbocycles. The van der Waals surface area contributed by atoms with Gasteiger partial charge in [0.05, 0.1) is 24.6 Å². The number of sulfonamides is 1. The number of thioether (sulfide) groups is 1. The van der Waals surface area contributed by atoms with Crippen molar-refractivity contribution >= 4 is 27.7 Å². The van der Waals surface area contributed by atoms with Gasteiger partial charge in [0.2, 0.25) is 15.9 Å². The minimum Gasteiger partial charge on any atom is -0.496 e. The molecule has 1 atom stereocenters. The molecule has 0 heterocycles. The van der Waals surface area contributed by atoms with E-state index in [9.17, 15) is 13.2 Å². The van der Waals surface area contributed by atoms with Gasteiger partial charge in [-0.3, -0.25) is 4.79 Å². The van der Waals surface area contributed by atoms with Crippen LogP contribution < -0.4 is 10.1 Å². The number of nitrogens with one attached hydrogen (secondary N) is 1. The first kappa shape index (κ1) is 23.3. The number of likely N-dealkylation sites (N-methyl/N-ethyl adjacent to an activating group) is 1. The SMILES string of the molecule is CCN(CC(=O)N[C@H](C)c1ccc(SC)cc1)S(=O)(=O)c1ccc(OC)c(C)c1. The molecule has 1 N–H and O–H groups in total. The Morgan fingerprint density at radius 3 is 2.38 bits per heavy atom. The Bertz CT molecular complexity index is 944. The van der Waals surface area contributed by atoms with E-state index in [1.807, 2.05) is 37.4 Å². The number of carbonyl (C=O) groups excluding carboxylic acids is 1. The minimum absolute atomic E-state index is 0.145. The Morgan fingerprint density at radius 2 is 1.86 bits per heavy atom. The lowest BCUT2D eigenvalue weighted by Crippen LogP contribution is -2.41. The Kier molecular flexibility index (Phi) is 8.13. The maximum Gasteiger partial charge on any atom is 0.243 e. The molecule has 6 nitrogen and oxygen atoms in total. The average molecular weight is 437 g/mol. The standard InChI is InChI=1S/C21H28N2O4S2/c1-6-23(29(25,26)19-11-12-20(27-4)15(2)13-19)14-21(24)22-16(3)17-7-9-18(28-5)10-8-17/h7-13,16H,6,14H2,1-5H3,(H,22,24)/t16-/m1/s1. The van der Waals surface area contributed by atoms with E-state index in [1.165, 1.54) is 17.5 Å². The topological polar surface area (TPSA) is 75.7 Å². The Morgan fingerprint density at radius 1 is 1.21 bits per heavy atom. The number of nitrogens with zero attached hydrogens (tertiary/aromatic N) is 1. The van der Waals surface area contributed by atoms with Crippen molar-refractivity contribution in [3.8, 4) is 5.75 Å². The van der Waals surface area contributed by atoms with Crippen molar-refractivity contribution in [1.82, 2.24) is 9.62 Å². The summed E-state index contributed by atoms with van der Waals surface area (Å²) in [6.07, 6.45) is 2.00. The summed E-state index contributed by atoms with van der Waals surface area (Å²) in [5.41, 5.74) is 1.68. The molecule has 0 fully saturated rings. The van der Waals surface area contributed by atoms with Crippen LogP contribution in [-0.4, -0.2) is 45.1 Å². The van der Waals surface area contributed by atoms with Crippen molar-refractivity contribution < 1.29 is 17.9 Å². The summed E-state index contributed by atoms with van der Waals surface area (Å²) in [6.45, 7) is 5.33. The van der Waals surface area contributed by atoms with Crippen molar-refractivity contribution in [3.05, 3.63) is 53.6 Å². The maximum atomic E-state index is 13.0. The molecule has 2 rings (SSSR count). The second kappa shape index (κ2) is 10.1. The first-order chi connectivity index (χ1) is 13.7. The van der Waals surface area contributed by atoms with E-state index in [1.54, 1.807) is 37.7 Å². The van der Waals surface area contributed by atoms with Gasteiger partial charge in [0.15, 0.2) is 0 Å². The molecule has 1 amide bonds. The molecule has 0 saturated carbocycles. The minimum atomic E-state index is -3.79. The molecule has 0 spiro atoms. The molecule has 0 aliphatic rings. The van der Waals surface area contributed by atoms with Crippen LogP contribution in [0.2, 0.25) is 0 Å². The fourth-order valence-electron chi connectivity index (χ4n) is 2.95. The molecule has 0 radical (unpaired) electrons. The summed E-state index contributed by atoms with van der Waals surface area (Å²) in [7, 11) is -2.25. The fraction of sp³-hybridized carbons (Fsp3) is 0.381. The molecule has 29 heavy (non-hydrogen) atoms. The number of methoxy groups -OCH3 is 1. The van der Waals surface area contributed by atoms with Gasteiger partial charge in [0.1, 0.15) is 5.75 Å². The lowest BCUT2D eigenvalue weighted by atomic mass is 10.1. The molecule has 0 saturated heterocycles. The third-order valence-corrected chi connectivity index (χ3v) is 7.33. The lowest BCUT2D eigenvalue weighted by Gasteiger charge is -2.22. The number of aryl methyl sites for hydroxylation is 1. The predicted octanol–water partition coefficient (Wildman–Crippen LogP) is 3.61. The van der Waals surface area contributed by atoms with Gasteiger partial charge in [-0.2, -0.15) is 4.31 Å². The molecule has 0 aromatic heterocycles. The van der Waals surface area contributed by atoms with Gasteiger partial charge in [0.25, 0.3) is 0 Å². The zero-order valence-corrected chi connectivity index (χ0v) is 19.1. The van der Waals surface area contributed by atoms with Crippen LogP contribution in [0.1, 0.15) is 31.0 Å². The van der Waals surface area contributed by atoms with Crippen LogP contribution >= 0.6 is 11.8 Å². The summed E-state index contributed by atoms with van der Waals surface area (Å²) in [6, 6.07) is 12.4. The summed E-state index contributed by atoms with van der Waals surface area (Å²) in [5.74, 6) is 0.271.